The molecular formula is C26H25N8NaO10S3. The summed E-state index contributed by atoms with van der Waals surface area (Å²) in [6, 6.07) is 0.223. The van der Waals surface area contributed by atoms with Crippen LogP contribution in [0.2, 0.25) is 0 Å². The molecule has 2 aromatic rings. The summed E-state index contributed by atoms with van der Waals surface area (Å²) in [5, 5.41) is 45.6. The zero-order chi connectivity index (χ0) is 34.0. The Bertz CT molecular complexity index is 1700. The number of imide groups is 1. The van der Waals surface area contributed by atoms with Gasteiger partial charge in [-0.3, -0.25) is 33.8 Å². The zero-order valence-corrected chi connectivity index (χ0v) is 29.6. The molecule has 0 radical (unpaired) electrons. The number of aromatic hydroxyl groups is 2. The number of likely N-dealkylation sites (N-methyl/N-ethyl adjacent to an activating group) is 1. The van der Waals surface area contributed by atoms with Crippen molar-refractivity contribution in [2.24, 2.45) is 0 Å². The number of aliphatic carboxylic acids is 1. The van der Waals surface area contributed by atoms with Crippen molar-refractivity contribution >= 4 is 76.9 Å². The third-order valence-corrected chi connectivity index (χ3v) is 10.8. The molecule has 1 unspecified atom stereocenters. The molecule has 5 rings (SSSR count). The molecule has 7 amide bonds. The summed E-state index contributed by atoms with van der Waals surface area (Å²) in [5.41, 5.74) is -0.913. The molecule has 3 aliphatic heterocycles. The predicted octanol–water partition coefficient (Wildman–Crippen LogP) is -5.34. The fourth-order valence-electron chi connectivity index (χ4n) is 5.13. The number of phenols is 2. The number of benzene rings is 1. The van der Waals surface area contributed by atoms with Crippen LogP contribution in [0, 0.1) is 0 Å². The number of amides is 7. The van der Waals surface area contributed by atoms with Crippen molar-refractivity contribution in [1.82, 2.24) is 40.8 Å². The average Bonchev–Trinajstić information content (AvgIpc) is 3.58. The largest absolute Gasteiger partial charge is 1.00 e. The van der Waals surface area contributed by atoms with Crippen LogP contribution < -0.4 is 50.6 Å². The molecule has 3 aliphatic rings. The first kappa shape index (κ1) is 36.9. The first-order valence-corrected chi connectivity index (χ1v) is 16.6. The molecule has 18 nitrogen and oxygen atoms in total. The Labute approximate surface area is 306 Å². The SMILES string of the molecule is CCN1CCN(C(=O)NC(C(=O)N[C@]2(NC=O)C(=O)N3C(C(=O)[O-])=C(CSc4nncs4)CS[C@H]32)c2ccc(O)c(O)c2)C(=O)C1=O.[Na+]. The number of hydrogen-bond acceptors (Lipinski definition) is 15. The van der Waals surface area contributed by atoms with Gasteiger partial charge in [0.25, 0.3) is 5.91 Å². The number of carbonyl (C=O) groups excluding carboxylic acids is 7. The summed E-state index contributed by atoms with van der Waals surface area (Å²) in [6.45, 7) is 1.73. The van der Waals surface area contributed by atoms with E-state index in [-0.39, 0.29) is 72.7 Å². The molecule has 48 heavy (non-hydrogen) atoms. The number of nitrogens with zero attached hydrogens (tertiary/aromatic N) is 5. The Morgan fingerprint density at radius 3 is 2.56 bits per heavy atom. The van der Waals surface area contributed by atoms with Crippen LogP contribution in [0.3, 0.4) is 0 Å². The number of piperazine rings is 1. The van der Waals surface area contributed by atoms with Crippen LogP contribution in [0.4, 0.5) is 4.79 Å². The number of thioether (sulfide) groups is 2. The quantitative estimate of drug-likeness (QED) is 0.0276. The zero-order valence-electron chi connectivity index (χ0n) is 25.2. The molecule has 4 heterocycles. The van der Waals surface area contributed by atoms with Crippen LogP contribution in [0.15, 0.2) is 39.3 Å². The molecular weight excluding hydrogens is 704 g/mol. The number of carbonyl (C=O) groups is 7. The van der Waals surface area contributed by atoms with E-state index < -0.39 is 69.9 Å². The average molecular weight is 729 g/mol. The molecule has 5 N–H and O–H groups in total. The van der Waals surface area contributed by atoms with Gasteiger partial charge in [0.1, 0.15) is 16.9 Å². The molecule has 0 aliphatic carbocycles. The molecule has 0 saturated carbocycles. The number of β-lactam (4-membered cyclic amide) rings is 1. The van der Waals surface area contributed by atoms with Gasteiger partial charge in [-0.1, -0.05) is 29.2 Å². The normalized spacial score (nSPS) is 21.1. The van der Waals surface area contributed by atoms with Crippen molar-refractivity contribution in [3.63, 3.8) is 0 Å². The molecule has 2 saturated heterocycles. The predicted molar refractivity (Wildman–Crippen MR) is 161 cm³/mol. The minimum absolute atomic E-state index is 0. The monoisotopic (exact) mass is 728 g/mol. The third-order valence-electron chi connectivity index (χ3n) is 7.46. The summed E-state index contributed by atoms with van der Waals surface area (Å²) in [7, 11) is 0. The second-order valence-corrected chi connectivity index (χ2v) is 13.2. The number of rotatable bonds is 11. The standard InChI is InChI=1S/C26H26N8O10S3.Na/c1-2-32-5-6-33(20(40)19(32)39)24(44)29-16(12-3-4-14(36)15(37)7-12)18(38)30-26(27-10-35)22(43)34-17(21(41)42)13(8-45-23(26)34)9-46-25-31-28-11-47-25;/h3-4,7,10-11,16,23,36-37H,2,5-6,8-9H2,1H3,(H,27,35)(H,29,44)(H,30,38)(H,41,42);/q;+1/p-1/t16?,23-,26+;/m0./s1. The number of hydrogen-bond donors (Lipinski definition) is 5. The first-order chi connectivity index (χ1) is 22.4. The minimum Gasteiger partial charge on any atom is -0.543 e. The molecule has 248 valence electrons. The van der Waals surface area contributed by atoms with Crippen LogP contribution in [0.25, 0.3) is 0 Å². The summed E-state index contributed by atoms with van der Waals surface area (Å²) >= 11 is 3.48. The summed E-state index contributed by atoms with van der Waals surface area (Å²) in [6.07, 6.45) is 0.136. The number of carboxylic acids is 1. The van der Waals surface area contributed by atoms with E-state index in [2.05, 4.69) is 26.1 Å². The van der Waals surface area contributed by atoms with Crippen molar-refractivity contribution in [1.29, 1.82) is 0 Å². The smallest absolute Gasteiger partial charge is 0.543 e. The Hall–Kier alpha value is -3.89. The van der Waals surface area contributed by atoms with Crippen LogP contribution in [0.1, 0.15) is 18.5 Å². The number of aromatic nitrogens is 2. The van der Waals surface area contributed by atoms with Crippen molar-refractivity contribution in [2.75, 3.05) is 31.1 Å². The van der Waals surface area contributed by atoms with Crippen molar-refractivity contribution in [3.05, 3.63) is 40.5 Å². The van der Waals surface area contributed by atoms with Gasteiger partial charge < -0.3 is 41.0 Å². The molecule has 3 atom stereocenters. The van der Waals surface area contributed by atoms with Crippen LogP contribution in [-0.4, -0.2) is 119 Å². The van der Waals surface area contributed by atoms with Crippen LogP contribution >= 0.6 is 34.9 Å². The van der Waals surface area contributed by atoms with Gasteiger partial charge in [-0.05, 0) is 30.2 Å². The second kappa shape index (κ2) is 15.1. The van der Waals surface area contributed by atoms with Gasteiger partial charge in [-0.25, -0.2) is 4.79 Å². The van der Waals surface area contributed by atoms with E-state index in [0.717, 1.165) is 28.8 Å². The van der Waals surface area contributed by atoms with E-state index in [1.165, 1.54) is 39.6 Å². The van der Waals surface area contributed by atoms with Gasteiger partial charge in [0.05, 0.1) is 11.7 Å². The summed E-state index contributed by atoms with van der Waals surface area (Å²) in [5.74, 6) is -6.92. The van der Waals surface area contributed by atoms with E-state index >= 15 is 0 Å². The third kappa shape index (κ3) is 6.83. The van der Waals surface area contributed by atoms with E-state index in [1.807, 2.05) is 0 Å². The van der Waals surface area contributed by atoms with Crippen molar-refractivity contribution < 1.29 is 78.4 Å². The molecule has 2 fully saturated rings. The minimum atomic E-state index is -2.19. The Balaban J connectivity index is 0.00000520. The van der Waals surface area contributed by atoms with E-state index in [1.54, 1.807) is 6.92 Å². The Kier molecular flexibility index (Phi) is 11.6. The molecule has 0 spiro atoms. The summed E-state index contributed by atoms with van der Waals surface area (Å²) < 4.78 is 0.563. The first-order valence-electron chi connectivity index (χ1n) is 13.7. The maximum atomic E-state index is 13.9. The van der Waals surface area contributed by atoms with Crippen LogP contribution in [0.5, 0.6) is 11.5 Å². The van der Waals surface area contributed by atoms with Gasteiger partial charge in [0.2, 0.25) is 18.0 Å². The van der Waals surface area contributed by atoms with Crippen molar-refractivity contribution in [2.45, 2.75) is 28.3 Å². The van der Waals surface area contributed by atoms with Gasteiger partial charge >= 0.3 is 47.4 Å². The van der Waals surface area contributed by atoms with Gasteiger partial charge in [-0.15, -0.1) is 22.0 Å². The van der Waals surface area contributed by atoms with Gasteiger partial charge in [-0.2, -0.15) is 0 Å². The van der Waals surface area contributed by atoms with Crippen molar-refractivity contribution in [3.8, 4) is 11.5 Å². The van der Waals surface area contributed by atoms with E-state index in [9.17, 15) is 48.9 Å². The number of urea groups is 1. The fourth-order valence-corrected chi connectivity index (χ4v) is 8.18. The number of fused-ring (bicyclic) bond motifs is 1. The van der Waals surface area contributed by atoms with Gasteiger partial charge in [0, 0.05) is 31.1 Å². The number of nitrogens with one attached hydrogen (secondary N) is 3. The van der Waals surface area contributed by atoms with E-state index in [0.29, 0.717) is 14.8 Å². The molecule has 22 heteroatoms. The maximum absolute atomic E-state index is 13.9. The Morgan fingerprint density at radius 2 is 1.94 bits per heavy atom. The maximum Gasteiger partial charge on any atom is 1.00 e. The van der Waals surface area contributed by atoms with E-state index in [4.69, 9.17) is 0 Å². The fraction of sp³-hybridized carbons (Fsp3) is 0.346. The number of carboxylic acid groups (broad SMARTS) is 1. The number of phenolic OH excluding ortho intramolecular Hbond substituents is 2. The second-order valence-electron chi connectivity index (χ2n) is 10.1. The van der Waals surface area contributed by atoms with Gasteiger partial charge in [0.15, 0.2) is 15.8 Å². The molecule has 0 bridgehead atoms. The van der Waals surface area contributed by atoms with Crippen LogP contribution in [-0.2, 0) is 28.8 Å². The molecule has 1 aromatic heterocycles. The topological polar surface area (TPSA) is 255 Å². The summed E-state index contributed by atoms with van der Waals surface area (Å²) in [4.78, 5) is 92.5. The molecule has 1 aromatic carbocycles. The Morgan fingerprint density at radius 1 is 1.19 bits per heavy atom.